The molecule has 0 spiro atoms. The molecule has 3 fully saturated rings. The summed E-state index contributed by atoms with van der Waals surface area (Å²) in [5.74, 6) is 0. The van der Waals surface area contributed by atoms with Crippen LogP contribution in [0.25, 0.3) is 6.08 Å². The summed E-state index contributed by atoms with van der Waals surface area (Å²) in [5.41, 5.74) is 1.64. The summed E-state index contributed by atoms with van der Waals surface area (Å²) >= 11 is 0. The van der Waals surface area contributed by atoms with Gasteiger partial charge in [-0.1, -0.05) is 36.9 Å². The van der Waals surface area contributed by atoms with Crippen molar-refractivity contribution in [2.45, 2.75) is 67.7 Å². The minimum absolute atomic E-state index is 0.0247. The first-order valence-electron chi connectivity index (χ1n) is 10.3. The first-order valence-corrected chi connectivity index (χ1v) is 10.3. The highest BCUT2D eigenvalue weighted by Crippen LogP contribution is 2.35. The van der Waals surface area contributed by atoms with Crippen molar-refractivity contribution in [3.05, 3.63) is 42.0 Å². The zero-order chi connectivity index (χ0) is 23.0. The fourth-order valence-corrected chi connectivity index (χ4v) is 3.96. The van der Waals surface area contributed by atoms with E-state index in [0.29, 0.717) is 0 Å². The molecule has 3 aliphatic heterocycles. The van der Waals surface area contributed by atoms with E-state index >= 15 is 0 Å². The molecular weight excluding hydrogens is 428 g/mol. The number of ether oxygens (including phenoxy) is 5. The van der Waals surface area contributed by atoms with E-state index in [9.17, 15) is 30.6 Å². The fourth-order valence-electron chi connectivity index (χ4n) is 3.96. The summed E-state index contributed by atoms with van der Waals surface area (Å²) in [6, 6.07) is 7.29. The molecule has 11 unspecified atom stereocenters. The molecular formula is C21H28O11. The summed E-state index contributed by atoms with van der Waals surface area (Å²) in [6.45, 7) is 3.09. The third kappa shape index (κ3) is 4.47. The predicted octanol–water partition coefficient (Wildman–Crippen LogP) is -1.99. The maximum Gasteiger partial charge on any atom is 0.189 e. The van der Waals surface area contributed by atoms with E-state index in [4.69, 9.17) is 23.7 Å². The molecule has 11 nitrogen and oxygen atoms in total. The predicted molar refractivity (Wildman–Crippen MR) is 106 cm³/mol. The number of aliphatic hydroxyl groups is 6. The Hall–Kier alpha value is -1.48. The minimum atomic E-state index is -1.68. The molecule has 1 aromatic carbocycles. The van der Waals surface area contributed by atoms with Gasteiger partial charge >= 0.3 is 0 Å². The van der Waals surface area contributed by atoms with Gasteiger partial charge in [0.1, 0.15) is 48.8 Å². The Kier molecular flexibility index (Phi) is 7.24. The van der Waals surface area contributed by atoms with E-state index in [1.807, 2.05) is 12.1 Å². The highest BCUT2D eigenvalue weighted by molar-refractivity contribution is 5.47. The lowest BCUT2D eigenvalue weighted by atomic mass is 9.97. The van der Waals surface area contributed by atoms with Gasteiger partial charge in [0.05, 0.1) is 13.2 Å². The van der Waals surface area contributed by atoms with Crippen molar-refractivity contribution in [1.29, 1.82) is 0 Å². The highest BCUT2D eigenvalue weighted by atomic mass is 16.8. The molecule has 3 aliphatic rings. The smallest absolute Gasteiger partial charge is 0.189 e. The van der Waals surface area contributed by atoms with Gasteiger partial charge in [-0.05, 0) is 5.56 Å². The van der Waals surface area contributed by atoms with Gasteiger partial charge in [0.25, 0.3) is 0 Å². The quantitative estimate of drug-likeness (QED) is 0.290. The van der Waals surface area contributed by atoms with Crippen molar-refractivity contribution in [3.63, 3.8) is 0 Å². The molecule has 1 aromatic rings. The normalized spacial score (nSPS) is 44.6. The summed E-state index contributed by atoms with van der Waals surface area (Å²) in [4.78, 5) is 0. The second kappa shape index (κ2) is 9.79. The van der Waals surface area contributed by atoms with E-state index in [2.05, 4.69) is 6.58 Å². The summed E-state index contributed by atoms with van der Waals surface area (Å²) < 4.78 is 28.0. The van der Waals surface area contributed by atoms with Crippen molar-refractivity contribution >= 4 is 6.08 Å². The zero-order valence-corrected chi connectivity index (χ0v) is 17.1. The first-order chi connectivity index (χ1) is 15.3. The molecule has 0 saturated carbocycles. The standard InChI is InChI=1S/C21H28O11/c1-2-9-3-5-10(6-4-9)19-28-8-12-18(31-19)15(25)17(27)21(30-12)32-20-16(26)14(24)13(23)11(7-22)29-20/h2-6,11-27H,1,7-8H2. The maximum atomic E-state index is 10.6. The average molecular weight is 456 g/mol. The van der Waals surface area contributed by atoms with Crippen LogP contribution in [0.15, 0.2) is 30.8 Å². The van der Waals surface area contributed by atoms with Crippen molar-refractivity contribution < 1.29 is 54.3 Å². The van der Waals surface area contributed by atoms with Crippen LogP contribution in [0.1, 0.15) is 17.4 Å². The van der Waals surface area contributed by atoms with E-state index in [-0.39, 0.29) is 6.61 Å². The van der Waals surface area contributed by atoms with Crippen LogP contribution < -0.4 is 0 Å². The second-order valence-corrected chi connectivity index (χ2v) is 7.99. The van der Waals surface area contributed by atoms with Gasteiger partial charge in [0.15, 0.2) is 18.9 Å². The molecule has 11 atom stereocenters. The lowest BCUT2D eigenvalue weighted by Crippen LogP contribution is -2.65. The molecule has 0 radical (unpaired) electrons. The minimum Gasteiger partial charge on any atom is -0.394 e. The van der Waals surface area contributed by atoms with Crippen LogP contribution in [0.3, 0.4) is 0 Å². The lowest BCUT2D eigenvalue weighted by molar-refractivity contribution is -0.399. The van der Waals surface area contributed by atoms with E-state index in [1.54, 1.807) is 18.2 Å². The molecule has 178 valence electrons. The molecule has 3 saturated heterocycles. The number of rotatable bonds is 5. The first kappa shape index (κ1) is 23.7. The van der Waals surface area contributed by atoms with Crippen LogP contribution in [-0.4, -0.2) is 105 Å². The van der Waals surface area contributed by atoms with Gasteiger partial charge in [-0.25, -0.2) is 0 Å². The van der Waals surface area contributed by atoms with E-state index in [1.165, 1.54) is 0 Å². The summed E-state index contributed by atoms with van der Waals surface area (Å²) in [5, 5.41) is 60.4. The Morgan fingerprint density at radius 2 is 1.53 bits per heavy atom. The van der Waals surface area contributed by atoms with Crippen molar-refractivity contribution in [1.82, 2.24) is 0 Å². The van der Waals surface area contributed by atoms with Gasteiger partial charge in [-0.3, -0.25) is 0 Å². The van der Waals surface area contributed by atoms with Crippen LogP contribution in [0, 0.1) is 0 Å². The molecule has 11 heteroatoms. The fraction of sp³-hybridized carbons (Fsp3) is 0.619. The molecule has 6 N–H and O–H groups in total. The SMILES string of the molecule is C=Cc1ccc(C2OCC3OC(OC4OC(CO)C(O)C(O)C4O)C(O)C(O)C3O2)cc1. The monoisotopic (exact) mass is 456 g/mol. The molecule has 0 bridgehead atoms. The molecule has 32 heavy (non-hydrogen) atoms. The van der Waals surface area contributed by atoms with Crippen LogP contribution in [0.2, 0.25) is 0 Å². The summed E-state index contributed by atoms with van der Waals surface area (Å²) in [7, 11) is 0. The second-order valence-electron chi connectivity index (χ2n) is 7.99. The molecule has 4 rings (SSSR count). The Bertz CT molecular complexity index is 770. The third-order valence-electron chi connectivity index (χ3n) is 5.89. The Morgan fingerprint density at radius 3 is 2.19 bits per heavy atom. The van der Waals surface area contributed by atoms with E-state index in [0.717, 1.165) is 11.1 Å². The number of hydrogen-bond donors (Lipinski definition) is 6. The van der Waals surface area contributed by atoms with Crippen molar-refractivity contribution in [2.75, 3.05) is 13.2 Å². The van der Waals surface area contributed by atoms with Gasteiger partial charge in [0.2, 0.25) is 0 Å². The molecule has 0 aromatic heterocycles. The van der Waals surface area contributed by atoms with Crippen LogP contribution in [0.4, 0.5) is 0 Å². The van der Waals surface area contributed by atoms with Crippen molar-refractivity contribution in [3.8, 4) is 0 Å². The average Bonchev–Trinajstić information content (AvgIpc) is 2.82. The van der Waals surface area contributed by atoms with Crippen molar-refractivity contribution in [2.24, 2.45) is 0 Å². The topological polar surface area (TPSA) is 168 Å². The van der Waals surface area contributed by atoms with Gasteiger partial charge in [-0.15, -0.1) is 0 Å². The Labute approximate surface area is 184 Å². The number of benzene rings is 1. The molecule has 0 amide bonds. The van der Waals surface area contributed by atoms with Crippen LogP contribution >= 0.6 is 0 Å². The number of aliphatic hydroxyl groups excluding tert-OH is 6. The van der Waals surface area contributed by atoms with Crippen LogP contribution in [-0.2, 0) is 23.7 Å². The van der Waals surface area contributed by atoms with E-state index < -0.39 is 74.3 Å². The Morgan fingerprint density at radius 1 is 0.875 bits per heavy atom. The Balaban J connectivity index is 1.41. The summed E-state index contributed by atoms with van der Waals surface area (Å²) in [6.07, 6.45) is -12.8. The van der Waals surface area contributed by atoms with Gasteiger partial charge in [0, 0.05) is 5.56 Å². The van der Waals surface area contributed by atoms with Gasteiger partial charge < -0.3 is 54.3 Å². The highest BCUT2D eigenvalue weighted by Gasteiger charge is 2.52. The molecule has 0 aliphatic carbocycles. The maximum absolute atomic E-state index is 10.6. The molecule has 3 heterocycles. The zero-order valence-electron chi connectivity index (χ0n) is 17.1. The number of hydrogen-bond acceptors (Lipinski definition) is 11. The van der Waals surface area contributed by atoms with Crippen LogP contribution in [0.5, 0.6) is 0 Å². The largest absolute Gasteiger partial charge is 0.394 e. The lowest BCUT2D eigenvalue weighted by Gasteiger charge is -2.48. The van der Waals surface area contributed by atoms with Gasteiger partial charge in [-0.2, -0.15) is 0 Å². The third-order valence-corrected chi connectivity index (χ3v) is 5.89. The number of fused-ring (bicyclic) bond motifs is 1.